The average Bonchev–Trinajstić information content (AvgIpc) is 3.07. The lowest BCUT2D eigenvalue weighted by atomic mass is 9.88. The van der Waals surface area contributed by atoms with Gasteiger partial charge in [-0.15, -0.1) is 6.58 Å². The first-order valence-corrected chi connectivity index (χ1v) is 10.6. The van der Waals surface area contributed by atoms with Crippen molar-refractivity contribution in [1.29, 1.82) is 0 Å². The molecule has 1 aliphatic heterocycles. The van der Waals surface area contributed by atoms with Crippen molar-refractivity contribution < 1.29 is 13.2 Å². The van der Waals surface area contributed by atoms with Gasteiger partial charge in [-0.25, -0.2) is 8.42 Å². The average molecular weight is 434 g/mol. The Morgan fingerprint density at radius 3 is 2.31 bits per heavy atom. The summed E-state index contributed by atoms with van der Waals surface area (Å²) in [5, 5.41) is 0. The summed E-state index contributed by atoms with van der Waals surface area (Å²) in [4.78, 5) is 13.1. The predicted octanol–water partition coefficient (Wildman–Crippen LogP) is 4.06. The number of carbonyl (C=O) groups excluding carboxylic acids is 1. The van der Waals surface area contributed by atoms with Gasteiger partial charge in [0, 0.05) is 35.0 Å². The number of ketones is 1. The lowest BCUT2D eigenvalue weighted by molar-refractivity contribution is 0.0912. The Morgan fingerprint density at radius 2 is 1.73 bits per heavy atom. The van der Waals surface area contributed by atoms with E-state index in [1.807, 2.05) is 19.1 Å². The van der Waals surface area contributed by atoms with Gasteiger partial charge in [-0.1, -0.05) is 51.8 Å². The van der Waals surface area contributed by atoms with E-state index in [0.717, 1.165) is 10.0 Å². The molecule has 0 radical (unpaired) electrons. The molecule has 0 amide bonds. The summed E-state index contributed by atoms with van der Waals surface area (Å²) in [5.74, 6) is -0.677. The van der Waals surface area contributed by atoms with Crippen molar-refractivity contribution in [2.24, 2.45) is 11.8 Å². The van der Waals surface area contributed by atoms with Crippen LogP contribution in [0.4, 0.5) is 0 Å². The van der Waals surface area contributed by atoms with Crippen LogP contribution in [0, 0.1) is 18.8 Å². The fourth-order valence-corrected chi connectivity index (χ4v) is 4.96. The van der Waals surface area contributed by atoms with E-state index in [1.165, 1.54) is 4.31 Å². The van der Waals surface area contributed by atoms with Crippen LogP contribution in [0.3, 0.4) is 0 Å². The van der Waals surface area contributed by atoms with Crippen LogP contribution >= 0.6 is 15.9 Å². The van der Waals surface area contributed by atoms with Crippen molar-refractivity contribution in [3.05, 3.63) is 76.8 Å². The fraction of sp³-hybridized carbons (Fsp3) is 0.250. The molecule has 0 aliphatic carbocycles. The Bertz CT molecular complexity index is 921. The molecular weight excluding hydrogens is 414 g/mol. The molecule has 0 N–H and O–H groups in total. The SMILES string of the molecule is C=C[C@@H]1CN(S(=O)(=O)c2ccc(C)cc2)C[C@@H]1C(=O)c1ccc(Br)cc1. The topological polar surface area (TPSA) is 54.5 Å². The number of rotatable bonds is 5. The minimum absolute atomic E-state index is 0.0518. The van der Waals surface area contributed by atoms with E-state index in [0.29, 0.717) is 5.56 Å². The first-order valence-electron chi connectivity index (χ1n) is 8.32. The van der Waals surface area contributed by atoms with E-state index in [-0.39, 0.29) is 29.7 Å². The molecule has 2 aromatic carbocycles. The molecule has 1 fully saturated rings. The Hall–Kier alpha value is -1.76. The third-order valence-electron chi connectivity index (χ3n) is 4.76. The fourth-order valence-electron chi connectivity index (χ4n) is 3.19. The van der Waals surface area contributed by atoms with E-state index < -0.39 is 15.9 Å². The van der Waals surface area contributed by atoms with E-state index >= 15 is 0 Å². The number of benzene rings is 2. The van der Waals surface area contributed by atoms with Crippen LogP contribution in [0.2, 0.25) is 0 Å². The molecule has 136 valence electrons. The van der Waals surface area contributed by atoms with E-state index in [2.05, 4.69) is 22.5 Å². The van der Waals surface area contributed by atoms with Gasteiger partial charge in [-0.2, -0.15) is 4.31 Å². The maximum atomic E-state index is 12.9. The lowest BCUT2D eigenvalue weighted by Crippen LogP contribution is -2.30. The van der Waals surface area contributed by atoms with Crippen molar-refractivity contribution >= 4 is 31.7 Å². The van der Waals surface area contributed by atoms with Gasteiger partial charge in [0.25, 0.3) is 0 Å². The summed E-state index contributed by atoms with van der Waals surface area (Å²) in [6.07, 6.45) is 1.69. The second-order valence-corrected chi connectivity index (χ2v) is 9.37. The van der Waals surface area contributed by atoms with Crippen LogP contribution in [0.15, 0.2) is 70.6 Å². The molecule has 0 unspecified atom stereocenters. The maximum Gasteiger partial charge on any atom is 0.243 e. The molecule has 6 heteroatoms. The number of aryl methyl sites for hydroxylation is 1. The monoisotopic (exact) mass is 433 g/mol. The highest BCUT2D eigenvalue weighted by molar-refractivity contribution is 9.10. The molecule has 0 spiro atoms. The van der Waals surface area contributed by atoms with Gasteiger partial charge in [0.1, 0.15) is 0 Å². The van der Waals surface area contributed by atoms with Gasteiger partial charge in [-0.3, -0.25) is 4.79 Å². The van der Waals surface area contributed by atoms with Crippen LogP contribution in [-0.2, 0) is 10.0 Å². The standard InChI is InChI=1S/C20H20BrNO3S/c1-3-15-12-22(26(24,25)18-10-4-14(2)5-11-18)13-19(15)20(23)16-6-8-17(21)9-7-16/h3-11,15,19H,1,12-13H2,2H3/t15-,19+/m1/s1. The second-order valence-electron chi connectivity index (χ2n) is 6.51. The molecule has 0 aromatic heterocycles. The Labute approximate surface area is 162 Å². The minimum atomic E-state index is -3.63. The summed E-state index contributed by atoms with van der Waals surface area (Å²) in [6.45, 7) is 6.15. The normalized spacial score (nSPS) is 20.8. The molecule has 26 heavy (non-hydrogen) atoms. The molecule has 0 saturated carbocycles. The first kappa shape index (κ1) is 19.0. The summed E-state index contributed by atoms with van der Waals surface area (Å²) in [5.41, 5.74) is 1.58. The first-order chi connectivity index (χ1) is 12.3. The van der Waals surface area contributed by atoms with Crippen molar-refractivity contribution in [2.45, 2.75) is 11.8 Å². The zero-order chi connectivity index (χ0) is 18.9. The van der Waals surface area contributed by atoms with Gasteiger partial charge >= 0.3 is 0 Å². The molecule has 1 saturated heterocycles. The molecular formula is C20H20BrNO3S. The molecule has 2 atom stereocenters. The van der Waals surface area contributed by atoms with E-state index in [1.54, 1.807) is 42.5 Å². The summed E-state index contributed by atoms with van der Waals surface area (Å²) >= 11 is 3.36. The van der Waals surface area contributed by atoms with Crippen LogP contribution in [-0.4, -0.2) is 31.6 Å². The van der Waals surface area contributed by atoms with Gasteiger partial charge in [0.05, 0.1) is 4.90 Å². The summed E-state index contributed by atoms with van der Waals surface area (Å²) in [7, 11) is -3.63. The lowest BCUT2D eigenvalue weighted by Gasteiger charge is -2.16. The molecule has 1 aliphatic rings. The third kappa shape index (κ3) is 3.68. The molecule has 2 aromatic rings. The van der Waals surface area contributed by atoms with E-state index in [9.17, 15) is 13.2 Å². The highest BCUT2D eigenvalue weighted by atomic mass is 79.9. The van der Waals surface area contributed by atoms with Gasteiger partial charge in [0.15, 0.2) is 5.78 Å². The number of Topliss-reactive ketones (excluding diaryl/α,β-unsaturated/α-hetero) is 1. The highest BCUT2D eigenvalue weighted by Crippen LogP contribution is 2.32. The zero-order valence-corrected chi connectivity index (χ0v) is 16.8. The van der Waals surface area contributed by atoms with Crippen LogP contribution in [0.1, 0.15) is 15.9 Å². The Morgan fingerprint density at radius 1 is 1.12 bits per heavy atom. The maximum absolute atomic E-state index is 12.9. The van der Waals surface area contributed by atoms with E-state index in [4.69, 9.17) is 0 Å². The summed E-state index contributed by atoms with van der Waals surface area (Å²) in [6, 6.07) is 13.9. The minimum Gasteiger partial charge on any atom is -0.294 e. The predicted molar refractivity (Wildman–Crippen MR) is 106 cm³/mol. The smallest absolute Gasteiger partial charge is 0.243 e. The van der Waals surface area contributed by atoms with Gasteiger partial charge in [-0.05, 0) is 31.2 Å². The van der Waals surface area contributed by atoms with Crippen molar-refractivity contribution in [3.63, 3.8) is 0 Å². The molecule has 4 nitrogen and oxygen atoms in total. The number of sulfonamides is 1. The Balaban J connectivity index is 1.86. The molecule has 0 bridgehead atoms. The third-order valence-corrected chi connectivity index (χ3v) is 7.13. The second kappa shape index (κ2) is 7.47. The quantitative estimate of drug-likeness (QED) is 0.527. The largest absolute Gasteiger partial charge is 0.294 e. The van der Waals surface area contributed by atoms with Gasteiger partial charge < -0.3 is 0 Å². The number of hydrogen-bond acceptors (Lipinski definition) is 3. The van der Waals surface area contributed by atoms with Crippen molar-refractivity contribution in [3.8, 4) is 0 Å². The van der Waals surface area contributed by atoms with Crippen LogP contribution in [0.25, 0.3) is 0 Å². The molecule has 1 heterocycles. The number of halogens is 1. The number of nitrogens with zero attached hydrogens (tertiary/aromatic N) is 1. The van der Waals surface area contributed by atoms with Gasteiger partial charge in [0.2, 0.25) is 10.0 Å². The van der Waals surface area contributed by atoms with Crippen LogP contribution < -0.4 is 0 Å². The van der Waals surface area contributed by atoms with Crippen LogP contribution in [0.5, 0.6) is 0 Å². The summed E-state index contributed by atoms with van der Waals surface area (Å²) < 4.78 is 28.1. The van der Waals surface area contributed by atoms with Crippen molar-refractivity contribution in [2.75, 3.05) is 13.1 Å². The zero-order valence-electron chi connectivity index (χ0n) is 14.4. The Kier molecular flexibility index (Phi) is 5.46. The van der Waals surface area contributed by atoms with Crippen molar-refractivity contribution in [1.82, 2.24) is 4.31 Å². The number of hydrogen-bond donors (Lipinski definition) is 0. The number of carbonyl (C=O) groups is 1. The highest BCUT2D eigenvalue weighted by Gasteiger charge is 2.41. The molecule has 3 rings (SSSR count).